The average Bonchev–Trinajstić information content (AvgIpc) is 3.07. The summed E-state index contributed by atoms with van der Waals surface area (Å²) in [5.41, 5.74) is 2.91. The summed E-state index contributed by atoms with van der Waals surface area (Å²) in [7, 11) is 0. The third kappa shape index (κ3) is 3.53. The summed E-state index contributed by atoms with van der Waals surface area (Å²) in [5, 5.41) is 2.75. The average molecular weight is 371 g/mol. The number of amides is 3. The van der Waals surface area contributed by atoms with E-state index in [9.17, 15) is 14.4 Å². The van der Waals surface area contributed by atoms with Crippen molar-refractivity contribution >= 4 is 29.2 Å². The van der Waals surface area contributed by atoms with E-state index in [1.807, 2.05) is 36.4 Å². The van der Waals surface area contributed by atoms with Gasteiger partial charge in [0.15, 0.2) is 0 Å². The summed E-state index contributed by atoms with van der Waals surface area (Å²) >= 11 is 0. The minimum absolute atomic E-state index is 0.218. The second-order valence-electron chi connectivity index (χ2n) is 6.42. The Balaban J connectivity index is 1.45. The molecular formula is C22H17N3O3. The van der Waals surface area contributed by atoms with Crippen molar-refractivity contribution < 1.29 is 14.4 Å². The summed E-state index contributed by atoms with van der Waals surface area (Å²) in [6, 6.07) is 19.9. The summed E-state index contributed by atoms with van der Waals surface area (Å²) in [4.78, 5) is 41.5. The maximum absolute atomic E-state index is 12.4. The standard InChI is InChI=1S/C22H17N3O3/c26-20-12-13-21(27)25(20)18-9-6-16(7-10-18)22(28)24-19-11-8-17(14-23-19)15-4-2-1-3-5-15/h1-11,14H,12-13H2,(H,23,24,28). The van der Waals surface area contributed by atoms with E-state index in [2.05, 4.69) is 10.3 Å². The first-order chi connectivity index (χ1) is 13.6. The molecule has 0 atom stereocenters. The molecular weight excluding hydrogens is 354 g/mol. The lowest BCUT2D eigenvalue weighted by Crippen LogP contribution is -2.28. The highest BCUT2D eigenvalue weighted by Crippen LogP contribution is 2.23. The second kappa shape index (κ2) is 7.44. The topological polar surface area (TPSA) is 79.4 Å². The molecule has 28 heavy (non-hydrogen) atoms. The Labute approximate surface area is 161 Å². The maximum Gasteiger partial charge on any atom is 0.256 e. The molecule has 1 fully saturated rings. The van der Waals surface area contributed by atoms with Gasteiger partial charge < -0.3 is 5.32 Å². The van der Waals surface area contributed by atoms with Crippen LogP contribution in [0.2, 0.25) is 0 Å². The lowest BCUT2D eigenvalue weighted by atomic mass is 10.1. The van der Waals surface area contributed by atoms with Crippen molar-refractivity contribution in [3.05, 3.63) is 78.5 Å². The number of pyridine rings is 1. The van der Waals surface area contributed by atoms with Gasteiger partial charge in [-0.05, 0) is 42.0 Å². The van der Waals surface area contributed by atoms with E-state index in [-0.39, 0.29) is 30.6 Å². The molecule has 3 aromatic rings. The molecule has 6 nitrogen and oxygen atoms in total. The molecule has 138 valence electrons. The lowest BCUT2D eigenvalue weighted by molar-refractivity contribution is -0.121. The second-order valence-corrected chi connectivity index (χ2v) is 6.42. The third-order valence-corrected chi connectivity index (χ3v) is 4.55. The first-order valence-electron chi connectivity index (χ1n) is 8.90. The Morgan fingerprint density at radius 3 is 2.11 bits per heavy atom. The van der Waals surface area contributed by atoms with Gasteiger partial charge >= 0.3 is 0 Å². The summed E-state index contributed by atoms with van der Waals surface area (Å²) in [6.45, 7) is 0. The fourth-order valence-electron chi connectivity index (χ4n) is 3.08. The van der Waals surface area contributed by atoms with Crippen LogP contribution in [-0.4, -0.2) is 22.7 Å². The number of benzene rings is 2. The molecule has 0 spiro atoms. The third-order valence-electron chi connectivity index (χ3n) is 4.55. The Bertz CT molecular complexity index is 1010. The van der Waals surface area contributed by atoms with Crippen molar-refractivity contribution in [1.29, 1.82) is 0 Å². The predicted octanol–water partition coefficient (Wildman–Crippen LogP) is 3.65. The van der Waals surface area contributed by atoms with Crippen molar-refractivity contribution in [1.82, 2.24) is 4.98 Å². The quantitative estimate of drug-likeness (QED) is 0.710. The molecule has 3 amide bonds. The van der Waals surface area contributed by atoms with Crippen LogP contribution in [0.5, 0.6) is 0 Å². The lowest BCUT2D eigenvalue weighted by Gasteiger charge is -2.14. The Morgan fingerprint density at radius 1 is 0.821 bits per heavy atom. The SMILES string of the molecule is O=C(Nc1ccc(-c2ccccc2)cn1)c1ccc(N2C(=O)CCC2=O)cc1. The Morgan fingerprint density at radius 2 is 1.50 bits per heavy atom. The summed E-state index contributed by atoms with van der Waals surface area (Å²) < 4.78 is 0. The van der Waals surface area contributed by atoms with E-state index in [4.69, 9.17) is 0 Å². The first kappa shape index (κ1) is 17.6. The van der Waals surface area contributed by atoms with Crippen LogP contribution in [0.25, 0.3) is 11.1 Å². The van der Waals surface area contributed by atoms with E-state index in [0.29, 0.717) is 17.1 Å². The van der Waals surface area contributed by atoms with Crippen LogP contribution in [0.3, 0.4) is 0 Å². The van der Waals surface area contributed by atoms with E-state index in [0.717, 1.165) is 16.0 Å². The zero-order valence-corrected chi connectivity index (χ0v) is 15.0. The molecule has 4 rings (SSSR count). The zero-order valence-electron chi connectivity index (χ0n) is 15.0. The molecule has 1 N–H and O–H groups in total. The van der Waals surface area contributed by atoms with Crippen LogP contribution in [0.15, 0.2) is 72.9 Å². The van der Waals surface area contributed by atoms with Crippen molar-refractivity contribution in [3.63, 3.8) is 0 Å². The minimum atomic E-state index is -0.314. The molecule has 1 saturated heterocycles. The molecule has 0 bridgehead atoms. The Hall–Kier alpha value is -3.80. The molecule has 0 radical (unpaired) electrons. The van der Waals surface area contributed by atoms with Crippen LogP contribution in [0.1, 0.15) is 23.2 Å². The van der Waals surface area contributed by atoms with Crippen LogP contribution in [0, 0.1) is 0 Å². The van der Waals surface area contributed by atoms with Gasteiger partial charge in [0, 0.05) is 30.2 Å². The fraction of sp³-hybridized carbons (Fsp3) is 0.0909. The summed E-state index contributed by atoms with van der Waals surface area (Å²) in [6.07, 6.45) is 2.16. The van der Waals surface area contributed by atoms with E-state index in [1.54, 1.807) is 36.5 Å². The largest absolute Gasteiger partial charge is 0.307 e. The van der Waals surface area contributed by atoms with Crippen molar-refractivity contribution in [2.24, 2.45) is 0 Å². The normalized spacial score (nSPS) is 13.6. The van der Waals surface area contributed by atoms with E-state index >= 15 is 0 Å². The van der Waals surface area contributed by atoms with Gasteiger partial charge in [-0.3, -0.25) is 19.3 Å². The smallest absolute Gasteiger partial charge is 0.256 e. The number of hydrogen-bond acceptors (Lipinski definition) is 4. The molecule has 1 aliphatic heterocycles. The molecule has 2 aromatic carbocycles. The molecule has 0 aliphatic carbocycles. The number of imide groups is 1. The number of nitrogens with one attached hydrogen (secondary N) is 1. The number of hydrogen-bond donors (Lipinski definition) is 1. The molecule has 6 heteroatoms. The number of anilines is 2. The van der Waals surface area contributed by atoms with Gasteiger partial charge in [0.1, 0.15) is 5.82 Å². The number of aromatic nitrogens is 1. The highest BCUT2D eigenvalue weighted by atomic mass is 16.2. The van der Waals surface area contributed by atoms with Gasteiger partial charge in [0.25, 0.3) is 5.91 Å². The van der Waals surface area contributed by atoms with Crippen molar-refractivity contribution in [2.75, 3.05) is 10.2 Å². The highest BCUT2D eigenvalue weighted by Gasteiger charge is 2.30. The van der Waals surface area contributed by atoms with Crippen LogP contribution in [-0.2, 0) is 9.59 Å². The van der Waals surface area contributed by atoms with Gasteiger partial charge in [0.2, 0.25) is 11.8 Å². The van der Waals surface area contributed by atoms with E-state index in [1.165, 1.54) is 0 Å². The van der Waals surface area contributed by atoms with Gasteiger partial charge in [-0.1, -0.05) is 30.3 Å². The highest BCUT2D eigenvalue weighted by molar-refractivity contribution is 6.20. The van der Waals surface area contributed by atoms with Crippen LogP contribution < -0.4 is 10.2 Å². The predicted molar refractivity (Wildman–Crippen MR) is 106 cm³/mol. The van der Waals surface area contributed by atoms with Gasteiger partial charge in [-0.2, -0.15) is 0 Å². The number of nitrogens with zero attached hydrogens (tertiary/aromatic N) is 2. The van der Waals surface area contributed by atoms with Crippen molar-refractivity contribution in [2.45, 2.75) is 12.8 Å². The van der Waals surface area contributed by atoms with Crippen molar-refractivity contribution in [3.8, 4) is 11.1 Å². The number of carbonyl (C=O) groups is 3. The number of carbonyl (C=O) groups excluding carboxylic acids is 3. The molecule has 0 saturated carbocycles. The molecule has 1 aliphatic rings. The van der Waals surface area contributed by atoms with Gasteiger partial charge in [-0.25, -0.2) is 4.98 Å². The van der Waals surface area contributed by atoms with Crippen LogP contribution >= 0.6 is 0 Å². The minimum Gasteiger partial charge on any atom is -0.307 e. The number of rotatable bonds is 4. The van der Waals surface area contributed by atoms with Gasteiger partial charge in [-0.15, -0.1) is 0 Å². The maximum atomic E-state index is 12.4. The van der Waals surface area contributed by atoms with Crippen LogP contribution in [0.4, 0.5) is 11.5 Å². The monoisotopic (exact) mass is 371 g/mol. The van der Waals surface area contributed by atoms with Gasteiger partial charge in [0.05, 0.1) is 5.69 Å². The molecule has 1 aromatic heterocycles. The summed E-state index contributed by atoms with van der Waals surface area (Å²) in [5.74, 6) is -0.306. The van der Waals surface area contributed by atoms with E-state index < -0.39 is 0 Å². The molecule has 0 unspecified atom stereocenters. The fourth-order valence-corrected chi connectivity index (χ4v) is 3.08. The first-order valence-corrected chi connectivity index (χ1v) is 8.90. The molecule has 2 heterocycles. The Kier molecular flexibility index (Phi) is 4.68. The zero-order chi connectivity index (χ0) is 19.5.